The molecule has 2 N–H and O–H groups in total. The summed E-state index contributed by atoms with van der Waals surface area (Å²) in [6.07, 6.45) is 2.44. The van der Waals surface area contributed by atoms with Crippen LogP contribution in [0.5, 0.6) is 0 Å². The number of aliphatic carboxylic acids is 1. The third-order valence-corrected chi connectivity index (χ3v) is 7.63. The van der Waals surface area contributed by atoms with E-state index in [2.05, 4.69) is 10.5 Å². The Morgan fingerprint density at radius 3 is 2.39 bits per heavy atom. The minimum Gasteiger partial charge on any atom is -0.481 e. The first-order chi connectivity index (χ1) is 17.3. The van der Waals surface area contributed by atoms with Crippen LogP contribution in [0.3, 0.4) is 0 Å². The molecule has 1 amide bonds. The number of hydrogen-bond acceptors (Lipinski definition) is 6. The van der Waals surface area contributed by atoms with Gasteiger partial charge in [0.15, 0.2) is 0 Å². The number of rotatable bonds is 7. The topological polar surface area (TPSA) is 111 Å². The highest BCUT2D eigenvalue weighted by atomic mass is 16.6. The van der Waals surface area contributed by atoms with Gasteiger partial charge in [0.2, 0.25) is 5.88 Å². The number of ether oxygens (including phenoxy) is 2. The molecule has 3 fully saturated rings. The third-order valence-electron chi connectivity index (χ3n) is 7.63. The van der Waals surface area contributed by atoms with Gasteiger partial charge >= 0.3 is 12.1 Å². The van der Waals surface area contributed by atoms with Crippen LogP contribution in [0.4, 0.5) is 10.7 Å². The Kier molecular flexibility index (Phi) is 6.30. The Balaban J connectivity index is 1.29. The van der Waals surface area contributed by atoms with Crippen LogP contribution in [-0.2, 0) is 19.9 Å². The number of anilines is 1. The molecule has 6 rings (SSSR count). The van der Waals surface area contributed by atoms with E-state index in [1.54, 1.807) is 0 Å². The Labute approximate surface area is 209 Å². The summed E-state index contributed by atoms with van der Waals surface area (Å²) in [5, 5.41) is 16.0. The fourth-order valence-corrected chi connectivity index (χ4v) is 5.50. The largest absolute Gasteiger partial charge is 0.481 e. The second-order valence-corrected chi connectivity index (χ2v) is 9.99. The summed E-state index contributed by atoms with van der Waals surface area (Å²) in [4.78, 5) is 23.8. The molecule has 1 saturated carbocycles. The summed E-state index contributed by atoms with van der Waals surface area (Å²) in [5.74, 6) is -0.530. The number of nitrogens with one attached hydrogen (secondary N) is 1. The minimum atomic E-state index is -0.760. The van der Waals surface area contributed by atoms with Gasteiger partial charge in [-0.1, -0.05) is 59.8 Å². The van der Waals surface area contributed by atoms with Gasteiger partial charge in [0, 0.05) is 5.41 Å². The second-order valence-electron chi connectivity index (χ2n) is 9.99. The van der Waals surface area contributed by atoms with Crippen molar-refractivity contribution < 1.29 is 28.7 Å². The van der Waals surface area contributed by atoms with E-state index in [4.69, 9.17) is 14.0 Å². The van der Waals surface area contributed by atoms with E-state index in [0.717, 1.165) is 42.4 Å². The number of fused-ring (bicyclic) bond motifs is 3. The second kappa shape index (κ2) is 9.43. The zero-order chi connectivity index (χ0) is 25.3. The van der Waals surface area contributed by atoms with Gasteiger partial charge in [-0.25, -0.2) is 4.79 Å². The fourth-order valence-electron chi connectivity index (χ4n) is 5.50. The van der Waals surface area contributed by atoms with E-state index in [9.17, 15) is 14.7 Å². The van der Waals surface area contributed by atoms with E-state index in [-0.39, 0.29) is 23.3 Å². The zero-order valence-electron chi connectivity index (χ0n) is 20.5. The van der Waals surface area contributed by atoms with Crippen LogP contribution in [-0.4, -0.2) is 28.9 Å². The van der Waals surface area contributed by atoms with Crippen molar-refractivity contribution in [1.82, 2.24) is 5.16 Å². The first kappa shape index (κ1) is 24.1. The molecule has 1 atom stereocenters. The van der Waals surface area contributed by atoms with Crippen LogP contribution in [0, 0.1) is 12.3 Å². The maximum absolute atomic E-state index is 12.6. The maximum atomic E-state index is 12.6. The first-order valence-electron chi connectivity index (χ1n) is 12.2. The van der Waals surface area contributed by atoms with Gasteiger partial charge in [0.25, 0.3) is 0 Å². The lowest BCUT2D eigenvalue weighted by Gasteiger charge is -2.53. The SMILES string of the molecule is Cc1noc(NC(=O)O[C@H](C)c2ccccc2)c1-c1ccc(C23CCC(CC(=O)O)(CC2)CO3)cc1. The molecule has 8 heteroatoms. The molecule has 1 aromatic heterocycles. The molecule has 3 aromatic rings. The number of hydrogen-bond donors (Lipinski definition) is 2. The number of carbonyl (C=O) groups is 2. The minimum absolute atomic E-state index is 0.164. The molecule has 0 unspecified atom stereocenters. The number of nitrogens with zero attached hydrogens (tertiary/aromatic N) is 1. The standard InChI is InChI=1S/C28H30N2O6/c1-18-24(25(36-30-18)29-26(33)35-19(2)20-6-4-3-5-7-20)21-8-10-22(11-9-21)28-14-12-27(13-15-28,17-34-28)16-23(31)32/h3-11,19H,12-17H2,1-2H3,(H,29,33)(H,31,32)/t19-,27?,28?/m1/s1. The molecular formula is C28H30N2O6. The van der Waals surface area contributed by atoms with Gasteiger partial charge in [-0.2, -0.15) is 0 Å². The lowest BCUT2D eigenvalue weighted by molar-refractivity contribution is -0.195. The lowest BCUT2D eigenvalue weighted by atomic mass is 9.63. The smallest absolute Gasteiger partial charge is 0.414 e. The number of carboxylic acid groups (broad SMARTS) is 1. The van der Waals surface area contributed by atoms with E-state index in [1.807, 2.05) is 68.4 Å². The molecule has 2 aromatic carbocycles. The van der Waals surface area contributed by atoms with Gasteiger partial charge < -0.3 is 19.1 Å². The van der Waals surface area contributed by atoms with Gasteiger partial charge in [0.05, 0.1) is 29.9 Å². The van der Waals surface area contributed by atoms with Crippen molar-refractivity contribution >= 4 is 17.9 Å². The molecular weight excluding hydrogens is 460 g/mol. The van der Waals surface area contributed by atoms with Crippen molar-refractivity contribution in [3.8, 4) is 11.1 Å². The number of aromatic nitrogens is 1. The molecule has 2 aliphatic heterocycles. The average Bonchev–Trinajstić information content (AvgIpc) is 3.24. The van der Waals surface area contributed by atoms with Crippen molar-refractivity contribution in [3.63, 3.8) is 0 Å². The summed E-state index contributed by atoms with van der Waals surface area (Å²) in [6, 6.07) is 17.5. The maximum Gasteiger partial charge on any atom is 0.414 e. The molecule has 1 aliphatic carbocycles. The summed E-state index contributed by atoms with van der Waals surface area (Å²) >= 11 is 0. The number of carboxylic acids is 1. The van der Waals surface area contributed by atoms with Gasteiger partial charge in [-0.15, -0.1) is 0 Å². The van der Waals surface area contributed by atoms with Crippen LogP contribution >= 0.6 is 0 Å². The molecule has 0 radical (unpaired) electrons. The predicted octanol–water partition coefficient (Wildman–Crippen LogP) is 6.22. The fraction of sp³-hybridized carbons (Fsp3) is 0.393. The van der Waals surface area contributed by atoms with Crippen LogP contribution in [0.25, 0.3) is 11.1 Å². The Morgan fingerprint density at radius 1 is 1.08 bits per heavy atom. The Hall–Kier alpha value is -3.65. The van der Waals surface area contributed by atoms with Crippen LogP contribution < -0.4 is 5.32 Å². The highest BCUT2D eigenvalue weighted by Crippen LogP contribution is 2.55. The highest BCUT2D eigenvalue weighted by molar-refractivity contribution is 5.89. The zero-order valence-corrected chi connectivity index (χ0v) is 20.5. The number of carbonyl (C=O) groups excluding carboxylic acids is 1. The number of amides is 1. The number of benzene rings is 2. The first-order valence-corrected chi connectivity index (χ1v) is 12.2. The summed E-state index contributed by atoms with van der Waals surface area (Å²) in [5.41, 5.74) is 3.56. The molecule has 3 aliphatic rings. The Bertz CT molecular complexity index is 1230. The monoisotopic (exact) mass is 490 g/mol. The molecule has 3 heterocycles. The molecule has 0 spiro atoms. The van der Waals surface area contributed by atoms with E-state index in [0.29, 0.717) is 17.9 Å². The van der Waals surface area contributed by atoms with Crippen molar-refractivity contribution in [2.24, 2.45) is 5.41 Å². The summed E-state index contributed by atoms with van der Waals surface area (Å²) in [6.45, 7) is 4.11. The normalized spacial score (nSPS) is 23.7. The van der Waals surface area contributed by atoms with Gasteiger partial charge in [-0.3, -0.25) is 10.1 Å². The van der Waals surface area contributed by atoms with Crippen LogP contribution in [0.15, 0.2) is 59.1 Å². The highest BCUT2D eigenvalue weighted by Gasteiger charge is 2.51. The predicted molar refractivity (Wildman–Crippen MR) is 132 cm³/mol. The van der Waals surface area contributed by atoms with Gasteiger partial charge in [-0.05, 0) is 56.2 Å². The molecule has 36 heavy (non-hydrogen) atoms. The average molecular weight is 491 g/mol. The van der Waals surface area contributed by atoms with E-state index < -0.39 is 18.2 Å². The molecule has 2 bridgehead atoms. The van der Waals surface area contributed by atoms with E-state index >= 15 is 0 Å². The summed E-state index contributed by atoms with van der Waals surface area (Å²) in [7, 11) is 0. The lowest BCUT2D eigenvalue weighted by Crippen LogP contribution is -2.50. The molecule has 2 saturated heterocycles. The van der Waals surface area contributed by atoms with Crippen molar-refractivity contribution in [2.45, 2.75) is 57.7 Å². The van der Waals surface area contributed by atoms with Crippen molar-refractivity contribution in [2.75, 3.05) is 11.9 Å². The Morgan fingerprint density at radius 2 is 1.78 bits per heavy atom. The quantitative estimate of drug-likeness (QED) is 0.404. The van der Waals surface area contributed by atoms with Crippen LogP contribution in [0.2, 0.25) is 0 Å². The van der Waals surface area contributed by atoms with Gasteiger partial charge in [0.1, 0.15) is 6.10 Å². The number of aryl methyl sites for hydroxylation is 1. The van der Waals surface area contributed by atoms with Crippen molar-refractivity contribution in [3.05, 3.63) is 71.4 Å². The van der Waals surface area contributed by atoms with Crippen LogP contribution in [0.1, 0.15) is 62.0 Å². The van der Waals surface area contributed by atoms with Crippen molar-refractivity contribution in [1.29, 1.82) is 0 Å². The molecule has 8 nitrogen and oxygen atoms in total. The molecule has 188 valence electrons. The van der Waals surface area contributed by atoms with E-state index in [1.165, 1.54) is 0 Å². The third kappa shape index (κ3) is 4.60. The summed E-state index contributed by atoms with van der Waals surface area (Å²) < 4.78 is 17.2.